The lowest BCUT2D eigenvalue weighted by molar-refractivity contribution is -0.216. The summed E-state index contributed by atoms with van der Waals surface area (Å²) in [5.41, 5.74) is 0. The molecule has 7 aliphatic carbocycles. The first kappa shape index (κ1) is 21.3. The molecule has 16 atom stereocenters. The van der Waals surface area contributed by atoms with Gasteiger partial charge in [-0.3, -0.25) is 0 Å². The van der Waals surface area contributed by atoms with Crippen molar-refractivity contribution < 1.29 is 0 Å². The summed E-state index contributed by atoms with van der Waals surface area (Å²) in [6.45, 7) is 27.2. The van der Waals surface area contributed by atoms with E-state index in [4.69, 9.17) is 0 Å². The molecule has 32 heavy (non-hydrogen) atoms. The van der Waals surface area contributed by atoms with E-state index >= 15 is 0 Å². The molecule has 7 fully saturated rings. The normalized spacial score (nSPS) is 75.2. The second kappa shape index (κ2) is 6.40. The molecule has 7 saturated carbocycles. The minimum absolute atomic E-state index is 0.941. The molecule has 0 radical (unpaired) electrons. The third kappa shape index (κ3) is 2.01. The van der Waals surface area contributed by atoms with Crippen LogP contribution in [0, 0.1) is 130 Å². The van der Waals surface area contributed by atoms with E-state index in [0.717, 1.165) is 130 Å². The molecule has 0 aromatic carbocycles. The molecule has 0 nitrogen and oxygen atoms in total. The summed E-state index contributed by atoms with van der Waals surface area (Å²) in [6.07, 6.45) is 0. The summed E-state index contributed by atoms with van der Waals surface area (Å²) in [7, 11) is 0. The van der Waals surface area contributed by atoms with Crippen molar-refractivity contribution in [3.8, 4) is 0 Å². The van der Waals surface area contributed by atoms with E-state index in [1.807, 2.05) is 0 Å². The minimum Gasteiger partial charge on any atom is -0.0620 e. The van der Waals surface area contributed by atoms with Gasteiger partial charge in [0.05, 0.1) is 0 Å². The molecule has 0 heteroatoms. The van der Waals surface area contributed by atoms with E-state index in [9.17, 15) is 0 Å². The van der Waals surface area contributed by atoms with E-state index in [1.165, 1.54) is 0 Å². The van der Waals surface area contributed by atoms with Gasteiger partial charge in [-0.05, 0) is 130 Å². The predicted molar refractivity (Wildman–Crippen MR) is 134 cm³/mol. The van der Waals surface area contributed by atoms with Gasteiger partial charge in [0.1, 0.15) is 0 Å². The molecule has 180 valence electrons. The van der Waals surface area contributed by atoms with Crippen LogP contribution in [0.3, 0.4) is 0 Å². The Bertz CT molecular complexity index is 672. The Morgan fingerprint density at radius 2 is 0.281 bits per heavy atom. The maximum atomic E-state index is 2.75. The van der Waals surface area contributed by atoms with Gasteiger partial charge in [0.25, 0.3) is 0 Å². The summed E-state index contributed by atoms with van der Waals surface area (Å²) in [5, 5.41) is 0. The third-order valence-corrected chi connectivity index (χ3v) is 15.9. The quantitative estimate of drug-likeness (QED) is 0.363. The van der Waals surface area contributed by atoms with Crippen LogP contribution >= 0.6 is 0 Å². The molecule has 7 rings (SSSR count). The average molecular weight is 437 g/mol. The Balaban J connectivity index is 1.49. The summed E-state index contributed by atoms with van der Waals surface area (Å²) >= 11 is 0. The fourth-order valence-corrected chi connectivity index (χ4v) is 15.0. The topological polar surface area (TPSA) is 0 Å². The highest BCUT2D eigenvalue weighted by Crippen LogP contribution is 2.81. The molecule has 0 amide bonds. The lowest BCUT2D eigenvalue weighted by atomic mass is 9.36. The zero-order valence-corrected chi connectivity index (χ0v) is 22.7. The lowest BCUT2D eigenvalue weighted by Crippen LogP contribution is -2.65. The van der Waals surface area contributed by atoms with Crippen molar-refractivity contribution in [3.05, 3.63) is 0 Å². The third-order valence-electron chi connectivity index (χ3n) is 15.9. The van der Waals surface area contributed by atoms with Gasteiger partial charge >= 0.3 is 0 Å². The Kier molecular flexibility index (Phi) is 4.26. The summed E-state index contributed by atoms with van der Waals surface area (Å²) in [5.74, 6) is 22.1. The Morgan fingerprint density at radius 3 is 0.438 bits per heavy atom. The smallest absolute Gasteiger partial charge is 0.0312 e. The molecule has 0 aromatic heterocycles. The standard InChI is InChI=1S/C32H52/c1-11-15(5)23-19(9)25-17(7)13(3)22-14(4)18(8)26-20(10)24-16(6)12(2)21(11)27-29(23)31(25)28(22)32(26)30(24)27/h11-32H,1-10H3. The van der Waals surface area contributed by atoms with Gasteiger partial charge in [0.15, 0.2) is 0 Å². The zero-order chi connectivity index (χ0) is 22.7. The molecule has 0 heterocycles. The first-order valence-corrected chi connectivity index (χ1v) is 15.1. The van der Waals surface area contributed by atoms with Gasteiger partial charge in [-0.25, -0.2) is 0 Å². The highest BCUT2D eigenvalue weighted by Gasteiger charge is 2.77. The van der Waals surface area contributed by atoms with Crippen LogP contribution in [0.4, 0.5) is 0 Å². The van der Waals surface area contributed by atoms with E-state index in [1.54, 1.807) is 0 Å². The summed E-state index contributed by atoms with van der Waals surface area (Å²) in [6, 6.07) is 0. The maximum absolute atomic E-state index is 2.75. The number of hydrogen-bond donors (Lipinski definition) is 0. The van der Waals surface area contributed by atoms with Crippen molar-refractivity contribution in [2.45, 2.75) is 69.2 Å². The molecule has 0 saturated heterocycles. The molecular weight excluding hydrogens is 384 g/mol. The van der Waals surface area contributed by atoms with Crippen LogP contribution in [-0.2, 0) is 0 Å². The number of rotatable bonds is 0. The zero-order valence-electron chi connectivity index (χ0n) is 22.7. The molecule has 7 aliphatic rings. The minimum atomic E-state index is 0.941. The molecule has 0 spiro atoms. The van der Waals surface area contributed by atoms with Gasteiger partial charge < -0.3 is 0 Å². The average Bonchev–Trinajstić information content (AvgIpc) is 3.23. The van der Waals surface area contributed by atoms with Crippen molar-refractivity contribution in [2.75, 3.05) is 0 Å². The SMILES string of the molecule is CC1C(C)C2C(C)C3C(C)C(C)C4C(C)C(C)C5C(C)C6C(C)C(C)C1C1C2C3C4C5C61. The Morgan fingerprint density at radius 1 is 0.156 bits per heavy atom. The van der Waals surface area contributed by atoms with Crippen molar-refractivity contribution in [2.24, 2.45) is 130 Å². The van der Waals surface area contributed by atoms with Crippen molar-refractivity contribution in [3.63, 3.8) is 0 Å². The highest BCUT2D eigenvalue weighted by molar-refractivity contribution is 5.24. The van der Waals surface area contributed by atoms with Crippen LogP contribution in [0.2, 0.25) is 0 Å². The Labute approximate surface area is 199 Å². The first-order valence-electron chi connectivity index (χ1n) is 15.1. The van der Waals surface area contributed by atoms with E-state index in [2.05, 4.69) is 69.2 Å². The van der Waals surface area contributed by atoms with E-state index < -0.39 is 0 Å². The molecular formula is C32H52. The fraction of sp³-hybridized carbons (Fsp3) is 1.00. The van der Waals surface area contributed by atoms with Crippen molar-refractivity contribution >= 4 is 0 Å². The van der Waals surface area contributed by atoms with Crippen LogP contribution < -0.4 is 0 Å². The summed E-state index contributed by atoms with van der Waals surface area (Å²) < 4.78 is 0. The number of hydrogen-bond acceptors (Lipinski definition) is 0. The molecule has 0 N–H and O–H groups in total. The second-order valence-corrected chi connectivity index (χ2v) is 15.5. The van der Waals surface area contributed by atoms with Gasteiger partial charge in [0, 0.05) is 0 Å². The monoisotopic (exact) mass is 436 g/mol. The highest BCUT2D eigenvalue weighted by atomic mass is 14.8. The molecule has 0 bridgehead atoms. The van der Waals surface area contributed by atoms with Crippen LogP contribution in [-0.4, -0.2) is 0 Å². The largest absolute Gasteiger partial charge is 0.0620 e. The van der Waals surface area contributed by atoms with Crippen molar-refractivity contribution in [1.29, 1.82) is 0 Å². The fourth-order valence-electron chi connectivity index (χ4n) is 15.0. The van der Waals surface area contributed by atoms with Crippen molar-refractivity contribution in [1.82, 2.24) is 0 Å². The predicted octanol–water partition coefficient (Wildman–Crippen LogP) is 7.84. The maximum Gasteiger partial charge on any atom is -0.0312 e. The first-order chi connectivity index (χ1) is 15.1. The van der Waals surface area contributed by atoms with Crippen LogP contribution in [0.1, 0.15) is 69.2 Å². The summed E-state index contributed by atoms with van der Waals surface area (Å²) in [4.78, 5) is 0. The van der Waals surface area contributed by atoms with Gasteiger partial charge in [-0.2, -0.15) is 0 Å². The lowest BCUT2D eigenvalue weighted by Gasteiger charge is -2.69. The van der Waals surface area contributed by atoms with E-state index in [0.29, 0.717) is 0 Å². The van der Waals surface area contributed by atoms with Crippen LogP contribution in [0.15, 0.2) is 0 Å². The van der Waals surface area contributed by atoms with Gasteiger partial charge in [0.2, 0.25) is 0 Å². The molecule has 16 unspecified atom stereocenters. The van der Waals surface area contributed by atoms with Crippen LogP contribution in [0.5, 0.6) is 0 Å². The van der Waals surface area contributed by atoms with Crippen LogP contribution in [0.25, 0.3) is 0 Å². The molecule has 0 aliphatic heterocycles. The second-order valence-electron chi connectivity index (χ2n) is 15.5. The van der Waals surface area contributed by atoms with E-state index in [-0.39, 0.29) is 0 Å². The molecule has 0 aromatic rings. The Hall–Kier alpha value is 0. The van der Waals surface area contributed by atoms with Gasteiger partial charge in [-0.15, -0.1) is 0 Å². The van der Waals surface area contributed by atoms with Gasteiger partial charge in [-0.1, -0.05) is 69.2 Å².